The summed E-state index contributed by atoms with van der Waals surface area (Å²) in [5, 5.41) is 0.597. The molecule has 0 radical (unpaired) electrons. The van der Waals surface area contributed by atoms with Crippen molar-refractivity contribution in [2.24, 2.45) is 5.92 Å². The number of carbonyl (C=O) groups is 1. The highest BCUT2D eigenvalue weighted by Gasteiger charge is 2.25. The molecule has 86 valence electrons. The zero-order chi connectivity index (χ0) is 11.5. The lowest BCUT2D eigenvalue weighted by molar-refractivity contribution is 0.0920. The van der Waals surface area contributed by atoms with E-state index in [1.165, 1.54) is 0 Å². The molecule has 0 bridgehead atoms. The van der Waals surface area contributed by atoms with Gasteiger partial charge >= 0.3 is 0 Å². The predicted octanol–water partition coefficient (Wildman–Crippen LogP) is 3.72. The van der Waals surface area contributed by atoms with Crippen molar-refractivity contribution in [2.75, 3.05) is 7.11 Å². The summed E-state index contributed by atoms with van der Waals surface area (Å²) in [6, 6.07) is 5.21. The van der Waals surface area contributed by atoms with Crippen molar-refractivity contribution >= 4 is 17.4 Å². The summed E-state index contributed by atoms with van der Waals surface area (Å²) in [5.74, 6) is 0.963. The molecule has 3 heteroatoms. The molecule has 0 unspecified atom stereocenters. The predicted molar refractivity (Wildman–Crippen MR) is 64.3 cm³/mol. The Balaban J connectivity index is 2.28. The summed E-state index contributed by atoms with van der Waals surface area (Å²) in [6.45, 7) is 0. The second-order valence-electron chi connectivity index (χ2n) is 4.19. The molecule has 1 fully saturated rings. The normalized spacial score (nSPS) is 16.4. The number of benzene rings is 1. The van der Waals surface area contributed by atoms with Gasteiger partial charge in [-0.2, -0.15) is 0 Å². The Morgan fingerprint density at radius 1 is 1.38 bits per heavy atom. The molecule has 2 rings (SSSR count). The first kappa shape index (κ1) is 11.5. The topological polar surface area (TPSA) is 26.3 Å². The van der Waals surface area contributed by atoms with Crippen LogP contribution in [0.3, 0.4) is 0 Å². The van der Waals surface area contributed by atoms with Crippen LogP contribution >= 0.6 is 11.6 Å². The Labute approximate surface area is 101 Å². The molecule has 2 nitrogen and oxygen atoms in total. The van der Waals surface area contributed by atoms with Gasteiger partial charge in [0.15, 0.2) is 5.78 Å². The molecule has 1 aromatic carbocycles. The molecule has 0 saturated heterocycles. The van der Waals surface area contributed by atoms with Gasteiger partial charge in [0.25, 0.3) is 0 Å². The maximum atomic E-state index is 12.2. The summed E-state index contributed by atoms with van der Waals surface area (Å²) >= 11 is 5.87. The Morgan fingerprint density at radius 2 is 2.06 bits per heavy atom. The van der Waals surface area contributed by atoms with Gasteiger partial charge < -0.3 is 4.74 Å². The van der Waals surface area contributed by atoms with Gasteiger partial charge in [-0.3, -0.25) is 4.79 Å². The van der Waals surface area contributed by atoms with Crippen molar-refractivity contribution in [3.05, 3.63) is 28.8 Å². The van der Waals surface area contributed by atoms with E-state index in [-0.39, 0.29) is 11.7 Å². The van der Waals surface area contributed by atoms with Crippen molar-refractivity contribution in [3.8, 4) is 5.75 Å². The van der Waals surface area contributed by atoms with Gasteiger partial charge in [0.2, 0.25) is 0 Å². The molecule has 0 amide bonds. The molecule has 0 N–H and O–H groups in total. The van der Waals surface area contributed by atoms with E-state index in [2.05, 4.69) is 0 Å². The third-order valence-electron chi connectivity index (χ3n) is 3.15. The lowest BCUT2D eigenvalue weighted by Crippen LogP contribution is -2.12. The van der Waals surface area contributed by atoms with Crippen LogP contribution in [0.1, 0.15) is 36.0 Å². The van der Waals surface area contributed by atoms with Crippen molar-refractivity contribution in [2.45, 2.75) is 25.7 Å². The van der Waals surface area contributed by atoms with Crippen LogP contribution in [0.5, 0.6) is 5.75 Å². The molecule has 0 atom stereocenters. The molecule has 0 heterocycles. The Bertz CT molecular complexity index is 395. The maximum Gasteiger partial charge on any atom is 0.169 e. The van der Waals surface area contributed by atoms with E-state index in [1.54, 1.807) is 25.3 Å². The summed E-state index contributed by atoms with van der Waals surface area (Å²) < 4.78 is 5.20. The molecule has 1 aliphatic carbocycles. The fourth-order valence-electron chi connectivity index (χ4n) is 2.28. The molecule has 1 saturated carbocycles. The van der Waals surface area contributed by atoms with Gasteiger partial charge in [0.05, 0.1) is 12.7 Å². The Kier molecular flexibility index (Phi) is 3.49. The molecule has 16 heavy (non-hydrogen) atoms. The van der Waals surface area contributed by atoms with Crippen LogP contribution in [0.2, 0.25) is 5.02 Å². The first-order valence-corrected chi connectivity index (χ1v) is 5.98. The third kappa shape index (κ3) is 2.22. The van der Waals surface area contributed by atoms with Crippen LogP contribution in [0.15, 0.2) is 18.2 Å². The third-order valence-corrected chi connectivity index (χ3v) is 3.39. The highest BCUT2D eigenvalue weighted by atomic mass is 35.5. The number of hydrogen-bond acceptors (Lipinski definition) is 2. The summed E-state index contributed by atoms with van der Waals surface area (Å²) in [6.07, 6.45) is 4.33. The van der Waals surface area contributed by atoms with Gasteiger partial charge in [0.1, 0.15) is 5.75 Å². The minimum atomic E-state index is 0.176. The molecule has 1 aliphatic rings. The van der Waals surface area contributed by atoms with E-state index < -0.39 is 0 Å². The monoisotopic (exact) mass is 238 g/mol. The molecule has 0 aliphatic heterocycles. The van der Waals surface area contributed by atoms with Crippen LogP contribution < -0.4 is 4.74 Å². The lowest BCUT2D eigenvalue weighted by Gasteiger charge is -2.11. The number of ketones is 1. The standard InChI is InChI=1S/C13H15ClO2/c1-16-12-8-10(14)6-7-11(12)13(15)9-4-2-3-5-9/h6-9H,2-5H2,1H3. The van der Waals surface area contributed by atoms with E-state index in [4.69, 9.17) is 16.3 Å². The second-order valence-corrected chi connectivity index (χ2v) is 4.63. The molecular weight excluding hydrogens is 224 g/mol. The van der Waals surface area contributed by atoms with Gasteiger partial charge in [0, 0.05) is 10.9 Å². The Hall–Kier alpha value is -1.02. The highest BCUT2D eigenvalue weighted by Crippen LogP contribution is 2.32. The second kappa shape index (κ2) is 4.88. The fraction of sp³-hybridized carbons (Fsp3) is 0.462. The average molecular weight is 239 g/mol. The van der Waals surface area contributed by atoms with Crippen molar-refractivity contribution < 1.29 is 9.53 Å². The summed E-state index contributed by atoms with van der Waals surface area (Å²) in [7, 11) is 1.57. The van der Waals surface area contributed by atoms with E-state index in [0.717, 1.165) is 25.7 Å². The van der Waals surface area contributed by atoms with Crippen LogP contribution in [-0.2, 0) is 0 Å². The van der Waals surface area contributed by atoms with E-state index in [9.17, 15) is 4.79 Å². The SMILES string of the molecule is COc1cc(Cl)ccc1C(=O)C1CCCC1. The van der Waals surface area contributed by atoms with Crippen molar-refractivity contribution in [1.29, 1.82) is 0 Å². The molecular formula is C13H15ClO2. The van der Waals surface area contributed by atoms with E-state index >= 15 is 0 Å². The van der Waals surface area contributed by atoms with Gasteiger partial charge in [-0.25, -0.2) is 0 Å². The number of ether oxygens (including phenoxy) is 1. The van der Waals surface area contributed by atoms with Crippen LogP contribution in [0, 0.1) is 5.92 Å². The minimum Gasteiger partial charge on any atom is -0.496 e. The van der Waals surface area contributed by atoms with Gasteiger partial charge in [-0.05, 0) is 31.0 Å². The quantitative estimate of drug-likeness (QED) is 0.751. The first-order chi connectivity index (χ1) is 7.72. The van der Waals surface area contributed by atoms with Gasteiger partial charge in [-0.1, -0.05) is 24.4 Å². The average Bonchev–Trinajstić information content (AvgIpc) is 2.81. The lowest BCUT2D eigenvalue weighted by atomic mass is 9.96. The fourth-order valence-corrected chi connectivity index (χ4v) is 2.44. The number of halogens is 1. The van der Waals surface area contributed by atoms with Gasteiger partial charge in [-0.15, -0.1) is 0 Å². The van der Waals surface area contributed by atoms with E-state index in [0.29, 0.717) is 16.3 Å². The summed E-state index contributed by atoms with van der Waals surface area (Å²) in [5.41, 5.74) is 0.666. The number of hydrogen-bond donors (Lipinski definition) is 0. The first-order valence-electron chi connectivity index (χ1n) is 5.60. The van der Waals surface area contributed by atoms with Crippen molar-refractivity contribution in [3.63, 3.8) is 0 Å². The molecule has 0 aromatic heterocycles. The zero-order valence-corrected chi connectivity index (χ0v) is 10.1. The highest BCUT2D eigenvalue weighted by molar-refractivity contribution is 6.30. The number of methoxy groups -OCH3 is 1. The molecule has 1 aromatic rings. The Morgan fingerprint density at radius 3 is 2.69 bits per heavy atom. The number of Topliss-reactive ketones (excluding diaryl/α,β-unsaturated/α-hetero) is 1. The van der Waals surface area contributed by atoms with Crippen LogP contribution in [0.25, 0.3) is 0 Å². The van der Waals surface area contributed by atoms with Crippen LogP contribution in [-0.4, -0.2) is 12.9 Å². The largest absolute Gasteiger partial charge is 0.496 e. The zero-order valence-electron chi connectivity index (χ0n) is 9.33. The number of carbonyl (C=O) groups excluding carboxylic acids is 1. The smallest absolute Gasteiger partial charge is 0.169 e. The minimum absolute atomic E-state index is 0.176. The van der Waals surface area contributed by atoms with Crippen LogP contribution in [0.4, 0.5) is 0 Å². The summed E-state index contributed by atoms with van der Waals surface area (Å²) in [4.78, 5) is 12.2. The molecule has 0 spiro atoms. The van der Waals surface area contributed by atoms with E-state index in [1.807, 2.05) is 0 Å². The van der Waals surface area contributed by atoms with Crippen molar-refractivity contribution in [1.82, 2.24) is 0 Å². The number of rotatable bonds is 3. The maximum absolute atomic E-state index is 12.2.